The number of hydrogen-bond donors (Lipinski definition) is 1. The third-order valence-electron chi connectivity index (χ3n) is 4.66. The number of aliphatic hydroxyl groups excluding tert-OH is 1. The zero-order valence-electron chi connectivity index (χ0n) is 12.7. The van der Waals surface area contributed by atoms with Crippen LogP contribution in [0, 0.1) is 0 Å². The smallest absolute Gasteiger partial charge is 0.0852 e. The maximum absolute atomic E-state index is 10.4. The monoisotopic (exact) mass is 306 g/mol. The second kappa shape index (κ2) is 7.66. The topological polar surface area (TPSA) is 29.5 Å². The van der Waals surface area contributed by atoms with Gasteiger partial charge >= 0.3 is 0 Å². The van der Waals surface area contributed by atoms with Gasteiger partial charge in [0.15, 0.2) is 0 Å². The Kier molecular flexibility index (Phi) is 5.61. The molecule has 1 saturated carbocycles. The SMILES string of the molecule is OC(CSC1CCCCC1)CC1OCCc2ccccc21. The van der Waals surface area contributed by atoms with E-state index in [-0.39, 0.29) is 12.2 Å². The van der Waals surface area contributed by atoms with Crippen LogP contribution in [0.3, 0.4) is 0 Å². The predicted molar refractivity (Wildman–Crippen MR) is 88.8 cm³/mol. The molecule has 1 heterocycles. The van der Waals surface area contributed by atoms with Gasteiger partial charge in [-0.1, -0.05) is 43.5 Å². The first-order valence-corrected chi connectivity index (χ1v) is 9.37. The largest absolute Gasteiger partial charge is 0.392 e. The minimum atomic E-state index is -0.256. The Hall–Kier alpha value is -0.510. The summed E-state index contributed by atoms with van der Waals surface area (Å²) in [4.78, 5) is 0. The van der Waals surface area contributed by atoms with Crippen molar-refractivity contribution in [3.05, 3.63) is 35.4 Å². The van der Waals surface area contributed by atoms with Gasteiger partial charge in [0.1, 0.15) is 0 Å². The summed E-state index contributed by atoms with van der Waals surface area (Å²) in [5.74, 6) is 0.854. The van der Waals surface area contributed by atoms with Crippen LogP contribution in [0.4, 0.5) is 0 Å². The highest BCUT2D eigenvalue weighted by Gasteiger charge is 2.24. The molecule has 1 aromatic rings. The Morgan fingerprint density at radius 3 is 2.86 bits per heavy atom. The van der Waals surface area contributed by atoms with Gasteiger partial charge in [-0.25, -0.2) is 0 Å². The van der Waals surface area contributed by atoms with Gasteiger partial charge in [-0.3, -0.25) is 0 Å². The van der Waals surface area contributed by atoms with E-state index < -0.39 is 0 Å². The minimum Gasteiger partial charge on any atom is -0.392 e. The van der Waals surface area contributed by atoms with E-state index in [9.17, 15) is 5.11 Å². The van der Waals surface area contributed by atoms with E-state index in [1.807, 2.05) is 11.8 Å². The predicted octanol–water partition coefficient (Wildman–Crippen LogP) is 4.12. The molecule has 2 atom stereocenters. The Morgan fingerprint density at radius 2 is 2.00 bits per heavy atom. The van der Waals surface area contributed by atoms with Crippen LogP contribution in [0.1, 0.15) is 55.8 Å². The van der Waals surface area contributed by atoms with Crippen molar-refractivity contribution in [2.24, 2.45) is 0 Å². The van der Waals surface area contributed by atoms with Crippen LogP contribution in [0.2, 0.25) is 0 Å². The summed E-state index contributed by atoms with van der Waals surface area (Å²) in [7, 11) is 0. The average Bonchev–Trinajstić information content (AvgIpc) is 2.54. The highest BCUT2D eigenvalue weighted by Crippen LogP contribution is 2.33. The van der Waals surface area contributed by atoms with Gasteiger partial charge in [0.2, 0.25) is 0 Å². The highest BCUT2D eigenvalue weighted by atomic mass is 32.2. The van der Waals surface area contributed by atoms with Gasteiger partial charge in [0.05, 0.1) is 18.8 Å². The van der Waals surface area contributed by atoms with Crippen molar-refractivity contribution in [2.75, 3.05) is 12.4 Å². The van der Waals surface area contributed by atoms with Crippen molar-refractivity contribution < 1.29 is 9.84 Å². The molecular weight excluding hydrogens is 280 g/mol. The van der Waals surface area contributed by atoms with Crippen LogP contribution in [-0.2, 0) is 11.2 Å². The van der Waals surface area contributed by atoms with Gasteiger partial charge in [0.25, 0.3) is 0 Å². The number of aliphatic hydroxyl groups is 1. The zero-order chi connectivity index (χ0) is 14.5. The van der Waals surface area contributed by atoms with E-state index in [2.05, 4.69) is 24.3 Å². The second-order valence-corrected chi connectivity index (χ2v) is 7.62. The maximum atomic E-state index is 10.4. The van der Waals surface area contributed by atoms with Crippen LogP contribution in [-0.4, -0.2) is 28.8 Å². The van der Waals surface area contributed by atoms with E-state index in [1.54, 1.807) is 0 Å². The molecule has 0 radical (unpaired) electrons. The standard InChI is InChI=1S/C18H26O2S/c19-15(13-21-16-7-2-1-3-8-16)12-18-17-9-5-4-6-14(17)10-11-20-18/h4-6,9,15-16,18-19H,1-3,7-8,10-13H2. The van der Waals surface area contributed by atoms with Crippen molar-refractivity contribution >= 4 is 11.8 Å². The van der Waals surface area contributed by atoms with Crippen LogP contribution in [0.15, 0.2) is 24.3 Å². The lowest BCUT2D eigenvalue weighted by atomic mass is 9.94. The minimum absolute atomic E-state index is 0.0805. The van der Waals surface area contributed by atoms with Crippen molar-refractivity contribution in [3.8, 4) is 0 Å². The first-order valence-electron chi connectivity index (χ1n) is 8.32. The summed E-state index contributed by atoms with van der Waals surface area (Å²) in [5.41, 5.74) is 2.67. The molecule has 116 valence electrons. The van der Waals surface area contributed by atoms with Crippen molar-refractivity contribution in [3.63, 3.8) is 0 Å². The molecule has 0 bridgehead atoms. The Morgan fingerprint density at radius 1 is 1.19 bits per heavy atom. The molecular formula is C18H26O2S. The molecule has 21 heavy (non-hydrogen) atoms. The molecule has 0 amide bonds. The van der Waals surface area contributed by atoms with Gasteiger partial charge in [-0.05, 0) is 30.4 Å². The molecule has 1 aliphatic carbocycles. The number of rotatable bonds is 5. The molecule has 1 N–H and O–H groups in total. The molecule has 3 heteroatoms. The average molecular weight is 306 g/mol. The first kappa shape index (κ1) is 15.4. The Bertz CT molecular complexity index is 443. The summed E-state index contributed by atoms with van der Waals surface area (Å²) in [6.07, 6.45) is 8.35. The third kappa shape index (κ3) is 4.24. The van der Waals surface area contributed by atoms with E-state index in [0.717, 1.165) is 30.5 Å². The Labute approximate surface area is 132 Å². The number of hydrogen-bond acceptors (Lipinski definition) is 3. The lowest BCUT2D eigenvalue weighted by Gasteiger charge is -2.28. The summed E-state index contributed by atoms with van der Waals surface area (Å²) < 4.78 is 5.90. The van der Waals surface area contributed by atoms with Gasteiger partial charge in [0, 0.05) is 17.4 Å². The molecule has 0 aromatic heterocycles. The van der Waals surface area contributed by atoms with Crippen molar-refractivity contribution in [1.82, 2.24) is 0 Å². The summed E-state index contributed by atoms with van der Waals surface area (Å²) in [5, 5.41) is 11.1. The molecule has 1 fully saturated rings. The molecule has 0 saturated heterocycles. The van der Waals surface area contributed by atoms with Crippen molar-refractivity contribution in [1.29, 1.82) is 0 Å². The van der Waals surface area contributed by atoms with Crippen LogP contribution >= 0.6 is 11.8 Å². The molecule has 1 aromatic carbocycles. The fourth-order valence-electron chi connectivity index (χ4n) is 3.47. The van der Waals surface area contributed by atoms with Crippen LogP contribution < -0.4 is 0 Å². The van der Waals surface area contributed by atoms with E-state index in [4.69, 9.17) is 4.74 Å². The van der Waals surface area contributed by atoms with Crippen LogP contribution in [0.25, 0.3) is 0 Å². The summed E-state index contributed by atoms with van der Waals surface area (Å²) >= 11 is 1.97. The summed E-state index contributed by atoms with van der Waals surface area (Å²) in [6.45, 7) is 0.782. The second-order valence-electron chi connectivity index (χ2n) is 6.29. The quantitative estimate of drug-likeness (QED) is 0.887. The lowest BCUT2D eigenvalue weighted by molar-refractivity contribution is 0.00943. The number of ether oxygens (including phenoxy) is 1. The molecule has 0 spiro atoms. The zero-order valence-corrected chi connectivity index (χ0v) is 13.5. The number of fused-ring (bicyclic) bond motifs is 1. The summed E-state index contributed by atoms with van der Waals surface area (Å²) in [6, 6.07) is 8.51. The van der Waals surface area contributed by atoms with E-state index >= 15 is 0 Å². The molecule has 1 aliphatic heterocycles. The normalized spacial score (nSPS) is 24.5. The van der Waals surface area contributed by atoms with Gasteiger partial charge in [-0.15, -0.1) is 0 Å². The third-order valence-corrected chi connectivity index (χ3v) is 6.18. The number of thioether (sulfide) groups is 1. The molecule has 2 aliphatic rings. The molecule has 3 rings (SSSR count). The Balaban J connectivity index is 1.49. The van der Waals surface area contributed by atoms with Gasteiger partial charge in [-0.2, -0.15) is 11.8 Å². The fourth-order valence-corrected chi connectivity index (χ4v) is 4.76. The maximum Gasteiger partial charge on any atom is 0.0852 e. The number of benzene rings is 1. The fraction of sp³-hybridized carbons (Fsp3) is 0.667. The lowest BCUT2D eigenvalue weighted by Crippen LogP contribution is -2.23. The highest BCUT2D eigenvalue weighted by molar-refractivity contribution is 7.99. The molecule has 2 unspecified atom stereocenters. The first-order chi connectivity index (χ1) is 10.3. The molecule has 2 nitrogen and oxygen atoms in total. The van der Waals surface area contributed by atoms with E-state index in [1.165, 1.54) is 43.2 Å². The van der Waals surface area contributed by atoms with Crippen LogP contribution in [0.5, 0.6) is 0 Å². The van der Waals surface area contributed by atoms with Gasteiger partial charge < -0.3 is 9.84 Å². The van der Waals surface area contributed by atoms with Crippen molar-refractivity contribution in [2.45, 2.75) is 62.4 Å². The van der Waals surface area contributed by atoms with E-state index in [0.29, 0.717) is 0 Å².